The Labute approximate surface area is 72.2 Å². The van der Waals surface area contributed by atoms with Crippen LogP contribution in [0.4, 0.5) is 0 Å². The van der Waals surface area contributed by atoms with E-state index in [0.717, 1.165) is 6.54 Å². The van der Waals surface area contributed by atoms with Gasteiger partial charge in [0.15, 0.2) is 0 Å². The Morgan fingerprint density at radius 2 is 2.27 bits per heavy atom. The lowest BCUT2D eigenvalue weighted by Gasteiger charge is -2.17. The van der Waals surface area contributed by atoms with Gasteiger partial charge in [-0.1, -0.05) is 0 Å². The highest BCUT2D eigenvalue weighted by atomic mass is 32.2. The highest BCUT2D eigenvalue weighted by molar-refractivity contribution is 7.99. The largest absolute Gasteiger partial charge is 0.303 e. The van der Waals surface area contributed by atoms with Crippen LogP contribution in [0.5, 0.6) is 0 Å². The van der Waals surface area contributed by atoms with Gasteiger partial charge in [0.25, 0.3) is 0 Å². The number of rotatable bonds is 3. The van der Waals surface area contributed by atoms with Gasteiger partial charge in [0.05, 0.1) is 6.61 Å². The smallest absolute Gasteiger partial charge is 0.0806 e. The topological polar surface area (TPSA) is 38.5 Å². The maximum absolute atomic E-state index is 4.95. The van der Waals surface area contributed by atoms with E-state index < -0.39 is 0 Å². The van der Waals surface area contributed by atoms with Crippen molar-refractivity contribution in [1.29, 1.82) is 0 Å². The van der Waals surface area contributed by atoms with E-state index in [1.54, 1.807) is 0 Å². The van der Waals surface area contributed by atoms with Crippen LogP contribution in [0.1, 0.15) is 6.42 Å². The molecule has 3 nitrogen and oxygen atoms in total. The van der Waals surface area contributed by atoms with Crippen molar-refractivity contribution < 1.29 is 4.84 Å². The predicted molar refractivity (Wildman–Crippen MR) is 48.5 cm³/mol. The lowest BCUT2D eigenvalue weighted by Crippen LogP contribution is -2.30. The summed E-state index contributed by atoms with van der Waals surface area (Å²) in [5, 5.41) is 0. The number of hydrogen-bond donors (Lipinski definition) is 1. The van der Waals surface area contributed by atoms with Crippen molar-refractivity contribution in [3.63, 3.8) is 0 Å². The molecule has 0 amide bonds. The zero-order valence-electron chi connectivity index (χ0n) is 6.79. The second-order valence-corrected chi connectivity index (χ2v) is 3.90. The Kier molecular flexibility index (Phi) is 4.94. The third kappa shape index (κ3) is 3.96. The van der Waals surface area contributed by atoms with E-state index in [-0.39, 0.29) is 0 Å². The first-order valence-electron chi connectivity index (χ1n) is 4.05. The first-order chi connectivity index (χ1) is 5.43. The fraction of sp³-hybridized carbons (Fsp3) is 1.00. The van der Waals surface area contributed by atoms with E-state index in [0.29, 0.717) is 6.61 Å². The molecule has 11 heavy (non-hydrogen) atoms. The molecular formula is C7H16N2OS. The lowest BCUT2D eigenvalue weighted by molar-refractivity contribution is 0.108. The van der Waals surface area contributed by atoms with Crippen LogP contribution in [-0.4, -0.2) is 42.6 Å². The molecule has 1 aliphatic heterocycles. The van der Waals surface area contributed by atoms with Crippen LogP contribution in [0.3, 0.4) is 0 Å². The van der Waals surface area contributed by atoms with Crippen molar-refractivity contribution in [2.75, 3.05) is 37.7 Å². The third-order valence-electron chi connectivity index (χ3n) is 1.84. The maximum atomic E-state index is 4.95. The van der Waals surface area contributed by atoms with Gasteiger partial charge in [-0.05, 0) is 18.7 Å². The number of hydrogen-bond acceptors (Lipinski definition) is 4. The van der Waals surface area contributed by atoms with Crippen molar-refractivity contribution in [3.05, 3.63) is 0 Å². The molecule has 1 aliphatic rings. The fourth-order valence-corrected chi connectivity index (χ4v) is 2.13. The number of nitrogens with zero attached hydrogens (tertiary/aromatic N) is 1. The van der Waals surface area contributed by atoms with E-state index in [9.17, 15) is 0 Å². The summed E-state index contributed by atoms with van der Waals surface area (Å²) in [6, 6.07) is 0. The van der Waals surface area contributed by atoms with Gasteiger partial charge < -0.3 is 9.74 Å². The van der Waals surface area contributed by atoms with Crippen molar-refractivity contribution in [2.24, 2.45) is 5.90 Å². The first-order valence-corrected chi connectivity index (χ1v) is 5.21. The van der Waals surface area contributed by atoms with Crippen molar-refractivity contribution in [1.82, 2.24) is 4.90 Å². The molecule has 0 saturated carbocycles. The summed E-state index contributed by atoms with van der Waals surface area (Å²) in [6.45, 7) is 4.03. The van der Waals surface area contributed by atoms with E-state index >= 15 is 0 Å². The van der Waals surface area contributed by atoms with Crippen molar-refractivity contribution in [3.8, 4) is 0 Å². The summed E-state index contributed by atoms with van der Waals surface area (Å²) in [5.41, 5.74) is 0. The van der Waals surface area contributed by atoms with Crippen molar-refractivity contribution >= 4 is 11.8 Å². The first kappa shape index (κ1) is 9.32. The molecule has 0 spiro atoms. The molecule has 0 atom stereocenters. The Morgan fingerprint density at radius 1 is 1.36 bits per heavy atom. The third-order valence-corrected chi connectivity index (χ3v) is 2.89. The van der Waals surface area contributed by atoms with Crippen molar-refractivity contribution in [2.45, 2.75) is 6.42 Å². The molecule has 1 saturated heterocycles. The summed E-state index contributed by atoms with van der Waals surface area (Å²) < 4.78 is 0. The van der Waals surface area contributed by atoms with Gasteiger partial charge in [-0.25, -0.2) is 5.90 Å². The van der Waals surface area contributed by atoms with Crippen LogP contribution in [0.15, 0.2) is 0 Å². The molecule has 0 radical (unpaired) electrons. The molecule has 0 unspecified atom stereocenters. The van der Waals surface area contributed by atoms with Gasteiger partial charge in [-0.2, -0.15) is 11.8 Å². The predicted octanol–water partition coefficient (Wildman–Crippen LogP) is 0.316. The highest BCUT2D eigenvalue weighted by Crippen LogP contribution is 2.08. The number of thioether (sulfide) groups is 1. The molecule has 0 aromatic carbocycles. The quantitative estimate of drug-likeness (QED) is 0.628. The molecule has 0 aromatic rings. The molecular weight excluding hydrogens is 160 g/mol. The molecule has 0 bridgehead atoms. The van der Waals surface area contributed by atoms with Crippen LogP contribution in [-0.2, 0) is 4.84 Å². The SMILES string of the molecule is NOCCN1CCCSCC1. The van der Waals surface area contributed by atoms with Crippen LogP contribution >= 0.6 is 11.8 Å². The molecule has 0 aliphatic carbocycles. The average molecular weight is 176 g/mol. The molecule has 1 rings (SSSR count). The Bertz CT molecular complexity index is 94.4. The van der Waals surface area contributed by atoms with Gasteiger partial charge in [0.1, 0.15) is 0 Å². The molecule has 0 aromatic heterocycles. The van der Waals surface area contributed by atoms with E-state index in [1.807, 2.05) is 11.8 Å². The Hall–Kier alpha value is 0.230. The number of nitrogens with two attached hydrogens (primary N) is 1. The van der Waals surface area contributed by atoms with Gasteiger partial charge in [-0.3, -0.25) is 0 Å². The summed E-state index contributed by atoms with van der Waals surface area (Å²) in [7, 11) is 0. The zero-order chi connectivity index (χ0) is 7.94. The van der Waals surface area contributed by atoms with Crippen LogP contribution in [0.25, 0.3) is 0 Å². The fourth-order valence-electron chi connectivity index (χ4n) is 1.20. The minimum atomic E-state index is 0.657. The minimum absolute atomic E-state index is 0.657. The highest BCUT2D eigenvalue weighted by Gasteiger charge is 2.07. The molecule has 2 N–H and O–H groups in total. The normalized spacial score (nSPS) is 21.5. The average Bonchev–Trinajstić information content (AvgIpc) is 2.28. The Balaban J connectivity index is 2.09. The van der Waals surface area contributed by atoms with Gasteiger partial charge in [-0.15, -0.1) is 0 Å². The van der Waals surface area contributed by atoms with Crippen LogP contribution in [0, 0.1) is 0 Å². The van der Waals surface area contributed by atoms with E-state index in [4.69, 9.17) is 5.90 Å². The second-order valence-electron chi connectivity index (χ2n) is 2.68. The monoisotopic (exact) mass is 176 g/mol. The summed E-state index contributed by atoms with van der Waals surface area (Å²) in [5.74, 6) is 7.51. The maximum Gasteiger partial charge on any atom is 0.0806 e. The van der Waals surface area contributed by atoms with E-state index in [1.165, 1.54) is 31.0 Å². The van der Waals surface area contributed by atoms with E-state index in [2.05, 4.69) is 9.74 Å². The van der Waals surface area contributed by atoms with Crippen LogP contribution < -0.4 is 5.90 Å². The molecule has 66 valence electrons. The Morgan fingerprint density at radius 3 is 3.09 bits per heavy atom. The second kappa shape index (κ2) is 5.83. The molecule has 1 fully saturated rings. The summed E-state index contributed by atoms with van der Waals surface area (Å²) in [4.78, 5) is 6.95. The van der Waals surface area contributed by atoms with Gasteiger partial charge in [0.2, 0.25) is 0 Å². The standard InChI is InChI=1S/C7H16N2OS/c8-10-5-3-9-2-1-6-11-7-4-9/h1-8H2. The minimum Gasteiger partial charge on any atom is -0.303 e. The van der Waals surface area contributed by atoms with Gasteiger partial charge >= 0.3 is 0 Å². The van der Waals surface area contributed by atoms with Crippen LogP contribution in [0.2, 0.25) is 0 Å². The summed E-state index contributed by atoms with van der Waals surface area (Å²) in [6.07, 6.45) is 1.30. The van der Waals surface area contributed by atoms with Gasteiger partial charge in [0, 0.05) is 18.8 Å². The lowest BCUT2D eigenvalue weighted by atomic mass is 10.4. The summed E-state index contributed by atoms with van der Waals surface area (Å²) >= 11 is 2.04. The molecule has 4 heteroatoms. The zero-order valence-corrected chi connectivity index (χ0v) is 7.61. The molecule has 1 heterocycles.